The average Bonchev–Trinajstić information content (AvgIpc) is 2.46. The van der Waals surface area contributed by atoms with Crippen LogP contribution in [-0.2, 0) is 0 Å². The maximum atomic E-state index is 4.45. The number of benzene rings is 1. The summed E-state index contributed by atoms with van der Waals surface area (Å²) >= 11 is 0. The van der Waals surface area contributed by atoms with E-state index < -0.39 is 0 Å². The van der Waals surface area contributed by atoms with Crippen LogP contribution in [0.4, 0.5) is 5.82 Å². The molecule has 0 aliphatic rings. The van der Waals surface area contributed by atoms with E-state index in [2.05, 4.69) is 47.0 Å². The first kappa shape index (κ1) is 14.7. The number of aryl methyl sites for hydroxylation is 1. The molecule has 1 aromatic carbocycles. The molecule has 0 atom stereocenters. The van der Waals surface area contributed by atoms with Crippen LogP contribution in [0.25, 0.3) is 12.2 Å². The summed E-state index contributed by atoms with van der Waals surface area (Å²) in [7, 11) is 0. The second-order valence-corrected chi connectivity index (χ2v) is 4.76. The van der Waals surface area contributed by atoms with Gasteiger partial charge in [0.1, 0.15) is 5.82 Å². The number of anilines is 1. The van der Waals surface area contributed by atoms with Gasteiger partial charge in [0.15, 0.2) is 5.82 Å². The number of rotatable bonds is 5. The predicted octanol–water partition coefficient (Wildman–Crippen LogP) is 4.46. The van der Waals surface area contributed by atoms with Gasteiger partial charge < -0.3 is 5.32 Å². The predicted molar refractivity (Wildman–Crippen MR) is 89.7 cm³/mol. The summed E-state index contributed by atoms with van der Waals surface area (Å²) in [6, 6.07) is 10.1. The van der Waals surface area contributed by atoms with E-state index in [1.807, 2.05) is 37.3 Å². The molecule has 106 valence electrons. The Hall–Kier alpha value is -2.68. The summed E-state index contributed by atoms with van der Waals surface area (Å²) in [6.07, 6.45) is 9.30. The SMILES string of the molecule is C=C/C=C(\C)Nc1ccnc(/C=C/c2cccc(C)c2)n1. The number of nitrogens with one attached hydrogen (secondary N) is 1. The summed E-state index contributed by atoms with van der Waals surface area (Å²) < 4.78 is 0. The lowest BCUT2D eigenvalue weighted by Gasteiger charge is -2.05. The van der Waals surface area contributed by atoms with E-state index in [9.17, 15) is 0 Å². The number of hydrogen-bond acceptors (Lipinski definition) is 3. The third kappa shape index (κ3) is 4.73. The van der Waals surface area contributed by atoms with E-state index >= 15 is 0 Å². The standard InChI is InChI=1S/C18H19N3/c1-4-6-15(3)20-18-11-12-19-17(21-18)10-9-16-8-5-7-14(2)13-16/h4-13H,1H2,2-3H3,(H,19,20,21)/b10-9+,15-6+. The van der Waals surface area contributed by atoms with Gasteiger partial charge in [-0.3, -0.25) is 0 Å². The Balaban J connectivity index is 2.14. The molecule has 2 rings (SSSR count). The van der Waals surface area contributed by atoms with E-state index in [1.54, 1.807) is 12.3 Å². The molecule has 1 aromatic heterocycles. The molecule has 0 bridgehead atoms. The van der Waals surface area contributed by atoms with Crippen molar-refractivity contribution in [3.63, 3.8) is 0 Å². The van der Waals surface area contributed by atoms with Crippen LogP contribution in [0, 0.1) is 6.92 Å². The average molecular weight is 277 g/mol. The highest BCUT2D eigenvalue weighted by Gasteiger charge is 1.96. The first-order chi connectivity index (χ1) is 10.2. The zero-order valence-electron chi connectivity index (χ0n) is 12.4. The second-order valence-electron chi connectivity index (χ2n) is 4.76. The van der Waals surface area contributed by atoms with Crippen LogP contribution in [0.15, 0.2) is 61.0 Å². The molecule has 0 aliphatic carbocycles. The van der Waals surface area contributed by atoms with Gasteiger partial charge in [0.25, 0.3) is 0 Å². The fourth-order valence-electron chi connectivity index (χ4n) is 1.89. The molecule has 0 unspecified atom stereocenters. The van der Waals surface area contributed by atoms with Crippen molar-refractivity contribution in [1.29, 1.82) is 0 Å². The van der Waals surface area contributed by atoms with Gasteiger partial charge in [0.05, 0.1) is 0 Å². The van der Waals surface area contributed by atoms with Gasteiger partial charge in [-0.05, 0) is 37.6 Å². The van der Waals surface area contributed by atoms with Crippen LogP contribution in [-0.4, -0.2) is 9.97 Å². The van der Waals surface area contributed by atoms with Gasteiger partial charge in [-0.25, -0.2) is 9.97 Å². The second kappa shape index (κ2) is 7.20. The number of nitrogens with zero attached hydrogens (tertiary/aromatic N) is 2. The summed E-state index contributed by atoms with van der Waals surface area (Å²) in [5.41, 5.74) is 3.36. The van der Waals surface area contributed by atoms with Crippen molar-refractivity contribution in [1.82, 2.24) is 9.97 Å². The minimum Gasteiger partial charge on any atom is -0.344 e. The van der Waals surface area contributed by atoms with Crippen LogP contribution in [0.1, 0.15) is 23.9 Å². The maximum Gasteiger partial charge on any atom is 0.154 e. The monoisotopic (exact) mass is 277 g/mol. The summed E-state index contributed by atoms with van der Waals surface area (Å²) in [5, 5.41) is 3.20. The van der Waals surface area contributed by atoms with Gasteiger partial charge >= 0.3 is 0 Å². The van der Waals surface area contributed by atoms with Crippen LogP contribution >= 0.6 is 0 Å². The van der Waals surface area contributed by atoms with E-state index in [0.717, 1.165) is 17.1 Å². The highest BCUT2D eigenvalue weighted by molar-refractivity contribution is 5.67. The van der Waals surface area contributed by atoms with Crippen molar-refractivity contribution < 1.29 is 0 Å². The highest BCUT2D eigenvalue weighted by atomic mass is 15.0. The fourth-order valence-corrected chi connectivity index (χ4v) is 1.89. The van der Waals surface area contributed by atoms with Crippen molar-refractivity contribution in [2.24, 2.45) is 0 Å². The first-order valence-corrected chi connectivity index (χ1v) is 6.81. The Kier molecular flexibility index (Phi) is 5.04. The molecule has 0 aliphatic heterocycles. The van der Waals surface area contributed by atoms with Gasteiger partial charge in [-0.1, -0.05) is 48.6 Å². The minimum atomic E-state index is 0.674. The van der Waals surface area contributed by atoms with E-state index in [4.69, 9.17) is 0 Å². The van der Waals surface area contributed by atoms with Crippen LogP contribution in [0.2, 0.25) is 0 Å². The lowest BCUT2D eigenvalue weighted by atomic mass is 10.1. The highest BCUT2D eigenvalue weighted by Crippen LogP contribution is 2.10. The zero-order valence-corrected chi connectivity index (χ0v) is 12.4. The summed E-state index contributed by atoms with van der Waals surface area (Å²) in [4.78, 5) is 8.70. The molecule has 1 N–H and O–H groups in total. The Bertz CT molecular complexity index is 684. The molecular weight excluding hydrogens is 258 g/mol. The Morgan fingerprint density at radius 1 is 1.24 bits per heavy atom. The number of hydrogen-bond donors (Lipinski definition) is 1. The Labute approximate surface area is 125 Å². The molecule has 0 radical (unpaired) electrons. The van der Waals surface area contributed by atoms with Gasteiger partial charge in [0, 0.05) is 11.9 Å². The van der Waals surface area contributed by atoms with E-state index in [1.165, 1.54) is 5.56 Å². The molecule has 3 heteroatoms. The summed E-state index contributed by atoms with van der Waals surface area (Å²) in [5.74, 6) is 1.44. The fraction of sp³-hybridized carbons (Fsp3) is 0.111. The molecule has 1 heterocycles. The Morgan fingerprint density at radius 2 is 2.10 bits per heavy atom. The molecule has 0 amide bonds. The van der Waals surface area contributed by atoms with Gasteiger partial charge in [-0.2, -0.15) is 0 Å². The Morgan fingerprint density at radius 3 is 2.86 bits per heavy atom. The van der Waals surface area contributed by atoms with Crippen molar-refractivity contribution in [2.45, 2.75) is 13.8 Å². The normalized spacial score (nSPS) is 11.6. The third-order valence-corrected chi connectivity index (χ3v) is 2.83. The van der Waals surface area contributed by atoms with Crippen molar-refractivity contribution in [3.05, 3.63) is 77.9 Å². The third-order valence-electron chi connectivity index (χ3n) is 2.83. The lowest BCUT2D eigenvalue weighted by Crippen LogP contribution is -1.99. The molecule has 2 aromatic rings. The number of aromatic nitrogens is 2. The number of allylic oxidation sites excluding steroid dienone is 3. The topological polar surface area (TPSA) is 37.8 Å². The van der Waals surface area contributed by atoms with Crippen molar-refractivity contribution in [2.75, 3.05) is 5.32 Å². The van der Waals surface area contributed by atoms with Gasteiger partial charge in [-0.15, -0.1) is 0 Å². The molecule has 0 saturated heterocycles. The largest absolute Gasteiger partial charge is 0.344 e. The molecule has 0 saturated carbocycles. The van der Waals surface area contributed by atoms with Gasteiger partial charge in [0.2, 0.25) is 0 Å². The van der Waals surface area contributed by atoms with Crippen molar-refractivity contribution >= 4 is 18.0 Å². The zero-order chi connectivity index (χ0) is 15.1. The quantitative estimate of drug-likeness (QED) is 0.820. The minimum absolute atomic E-state index is 0.674. The lowest BCUT2D eigenvalue weighted by molar-refractivity contribution is 1.12. The van der Waals surface area contributed by atoms with E-state index in [0.29, 0.717) is 5.82 Å². The van der Waals surface area contributed by atoms with Crippen LogP contribution < -0.4 is 5.32 Å². The molecule has 3 nitrogen and oxygen atoms in total. The first-order valence-electron chi connectivity index (χ1n) is 6.81. The molecule has 21 heavy (non-hydrogen) atoms. The molecule has 0 spiro atoms. The maximum absolute atomic E-state index is 4.45. The molecular formula is C18H19N3. The van der Waals surface area contributed by atoms with Crippen molar-refractivity contribution in [3.8, 4) is 0 Å². The van der Waals surface area contributed by atoms with Crippen LogP contribution in [0.3, 0.4) is 0 Å². The van der Waals surface area contributed by atoms with Crippen LogP contribution in [0.5, 0.6) is 0 Å². The summed E-state index contributed by atoms with van der Waals surface area (Å²) in [6.45, 7) is 7.71. The molecule has 0 fully saturated rings. The smallest absolute Gasteiger partial charge is 0.154 e. The van der Waals surface area contributed by atoms with E-state index in [-0.39, 0.29) is 0 Å².